The van der Waals surface area contributed by atoms with Crippen molar-refractivity contribution in [2.45, 2.75) is 32.3 Å². The van der Waals surface area contributed by atoms with Crippen LogP contribution in [-0.4, -0.2) is 25.1 Å². The zero-order chi connectivity index (χ0) is 12.5. The van der Waals surface area contributed by atoms with E-state index in [1.165, 1.54) is 0 Å². The van der Waals surface area contributed by atoms with Gasteiger partial charge in [0.05, 0.1) is 12.2 Å². The smallest absolute Gasteiger partial charge is 0.198 e. The summed E-state index contributed by atoms with van der Waals surface area (Å²) >= 11 is 0. The van der Waals surface area contributed by atoms with Crippen molar-refractivity contribution in [2.24, 2.45) is 0 Å². The van der Waals surface area contributed by atoms with Gasteiger partial charge in [0.25, 0.3) is 0 Å². The molecule has 1 atom stereocenters. The van der Waals surface area contributed by atoms with Gasteiger partial charge in [-0.05, 0) is 25.0 Å². The molecule has 17 heavy (non-hydrogen) atoms. The van der Waals surface area contributed by atoms with E-state index in [0.29, 0.717) is 18.6 Å². The maximum Gasteiger partial charge on any atom is 0.198 e. The van der Waals surface area contributed by atoms with Gasteiger partial charge in [0, 0.05) is 13.5 Å². The lowest BCUT2D eigenvalue weighted by Crippen LogP contribution is -2.36. The molecule has 1 aromatic carbocycles. The molecule has 1 aliphatic rings. The summed E-state index contributed by atoms with van der Waals surface area (Å²) in [5, 5.41) is 0. The number of hydrogen-bond donors (Lipinski definition) is 0. The first-order valence-electron chi connectivity index (χ1n) is 5.97. The summed E-state index contributed by atoms with van der Waals surface area (Å²) in [6.45, 7) is 4.44. The molecule has 0 saturated carbocycles. The van der Waals surface area contributed by atoms with Gasteiger partial charge in [0.2, 0.25) is 0 Å². The standard InChI is InChI=1S/C14H18O3/c1-4-14(2,16-3)13(15)11-7-5-6-10-8-9-17-12(10)11/h5-7H,4,8-9H2,1-3H3. The molecule has 2 rings (SSSR count). The number of benzene rings is 1. The fourth-order valence-electron chi connectivity index (χ4n) is 2.08. The minimum atomic E-state index is -0.763. The number of hydrogen-bond acceptors (Lipinski definition) is 3. The van der Waals surface area contributed by atoms with Crippen LogP contribution in [0.1, 0.15) is 36.2 Å². The average Bonchev–Trinajstić information content (AvgIpc) is 2.85. The Hall–Kier alpha value is -1.35. The quantitative estimate of drug-likeness (QED) is 0.751. The lowest BCUT2D eigenvalue weighted by Gasteiger charge is -2.25. The maximum absolute atomic E-state index is 12.5. The predicted molar refractivity (Wildman–Crippen MR) is 65.7 cm³/mol. The van der Waals surface area contributed by atoms with E-state index in [9.17, 15) is 4.79 Å². The van der Waals surface area contributed by atoms with Crippen LogP contribution in [0.5, 0.6) is 5.75 Å². The van der Waals surface area contributed by atoms with Crippen LogP contribution < -0.4 is 4.74 Å². The van der Waals surface area contributed by atoms with Crippen molar-refractivity contribution >= 4 is 5.78 Å². The van der Waals surface area contributed by atoms with Crippen LogP contribution in [0.2, 0.25) is 0 Å². The Morgan fingerprint density at radius 1 is 1.53 bits per heavy atom. The van der Waals surface area contributed by atoms with Crippen LogP contribution in [0.25, 0.3) is 0 Å². The second kappa shape index (κ2) is 4.49. The van der Waals surface area contributed by atoms with Crippen molar-refractivity contribution in [1.82, 2.24) is 0 Å². The van der Waals surface area contributed by atoms with Crippen molar-refractivity contribution in [3.05, 3.63) is 29.3 Å². The summed E-state index contributed by atoms with van der Waals surface area (Å²) in [6, 6.07) is 5.74. The Balaban J connectivity index is 2.41. The fraction of sp³-hybridized carbons (Fsp3) is 0.500. The number of ether oxygens (including phenoxy) is 2. The SMILES string of the molecule is CCC(C)(OC)C(=O)c1cccc2c1OCC2. The number of carbonyl (C=O) groups excluding carboxylic acids is 1. The summed E-state index contributed by atoms with van der Waals surface area (Å²) in [5.74, 6) is 0.746. The fourth-order valence-corrected chi connectivity index (χ4v) is 2.08. The van der Waals surface area contributed by atoms with Gasteiger partial charge in [-0.2, -0.15) is 0 Å². The van der Waals surface area contributed by atoms with E-state index in [2.05, 4.69) is 0 Å². The van der Waals surface area contributed by atoms with Crippen LogP contribution in [0, 0.1) is 0 Å². The summed E-state index contributed by atoms with van der Waals surface area (Å²) in [5.41, 5.74) is 0.998. The van der Waals surface area contributed by atoms with Crippen LogP contribution in [0.3, 0.4) is 0 Å². The summed E-state index contributed by atoms with van der Waals surface area (Å²) in [6.07, 6.45) is 1.53. The van der Waals surface area contributed by atoms with Crippen LogP contribution in [-0.2, 0) is 11.2 Å². The van der Waals surface area contributed by atoms with Gasteiger partial charge in [0.15, 0.2) is 5.78 Å². The maximum atomic E-state index is 12.5. The highest BCUT2D eigenvalue weighted by Gasteiger charge is 2.34. The predicted octanol–water partition coefficient (Wildman–Crippen LogP) is 2.62. The molecule has 0 saturated heterocycles. The second-order valence-electron chi connectivity index (χ2n) is 4.51. The third-order valence-corrected chi connectivity index (χ3v) is 3.56. The highest BCUT2D eigenvalue weighted by atomic mass is 16.5. The molecule has 1 unspecified atom stereocenters. The molecular weight excluding hydrogens is 216 g/mol. The molecule has 0 bridgehead atoms. The van der Waals surface area contributed by atoms with E-state index in [4.69, 9.17) is 9.47 Å². The van der Waals surface area contributed by atoms with E-state index >= 15 is 0 Å². The molecule has 1 aliphatic heterocycles. The minimum absolute atomic E-state index is 0.00116. The van der Waals surface area contributed by atoms with Gasteiger partial charge in [-0.25, -0.2) is 0 Å². The molecule has 1 heterocycles. The molecule has 0 amide bonds. The first-order chi connectivity index (χ1) is 8.12. The third kappa shape index (κ3) is 1.95. The number of methoxy groups -OCH3 is 1. The van der Waals surface area contributed by atoms with Crippen molar-refractivity contribution in [3.63, 3.8) is 0 Å². The number of fused-ring (bicyclic) bond motifs is 1. The number of para-hydroxylation sites is 1. The first kappa shape index (κ1) is 12.1. The molecule has 3 heteroatoms. The Kier molecular flexibility index (Phi) is 3.20. The number of Topliss-reactive ketones (excluding diaryl/α,β-unsaturated/α-hetero) is 1. The second-order valence-corrected chi connectivity index (χ2v) is 4.51. The molecule has 0 spiro atoms. The largest absolute Gasteiger partial charge is 0.492 e. The Morgan fingerprint density at radius 3 is 2.94 bits per heavy atom. The lowest BCUT2D eigenvalue weighted by molar-refractivity contribution is 0.0104. The summed E-state index contributed by atoms with van der Waals surface area (Å²) in [4.78, 5) is 12.5. The Bertz CT molecular complexity index is 433. The molecule has 92 valence electrons. The molecule has 0 N–H and O–H groups in total. The van der Waals surface area contributed by atoms with Gasteiger partial charge in [-0.15, -0.1) is 0 Å². The number of ketones is 1. The Labute approximate surface area is 102 Å². The van der Waals surface area contributed by atoms with Gasteiger partial charge < -0.3 is 9.47 Å². The molecule has 0 aliphatic carbocycles. The van der Waals surface area contributed by atoms with Gasteiger partial charge in [-0.1, -0.05) is 19.1 Å². The normalized spacial score (nSPS) is 17.1. The Morgan fingerprint density at radius 2 is 2.29 bits per heavy atom. The zero-order valence-electron chi connectivity index (χ0n) is 10.6. The van der Waals surface area contributed by atoms with Crippen LogP contribution in [0.15, 0.2) is 18.2 Å². The number of carbonyl (C=O) groups is 1. The van der Waals surface area contributed by atoms with Crippen molar-refractivity contribution in [3.8, 4) is 5.75 Å². The van der Waals surface area contributed by atoms with Gasteiger partial charge in [0.1, 0.15) is 11.4 Å². The van der Waals surface area contributed by atoms with Gasteiger partial charge in [-0.3, -0.25) is 4.79 Å². The van der Waals surface area contributed by atoms with Crippen molar-refractivity contribution < 1.29 is 14.3 Å². The minimum Gasteiger partial charge on any atom is -0.492 e. The zero-order valence-corrected chi connectivity index (χ0v) is 10.6. The van der Waals surface area contributed by atoms with E-state index in [1.807, 2.05) is 32.0 Å². The van der Waals surface area contributed by atoms with Crippen molar-refractivity contribution in [1.29, 1.82) is 0 Å². The third-order valence-electron chi connectivity index (χ3n) is 3.56. The molecule has 0 radical (unpaired) electrons. The number of rotatable bonds is 4. The monoisotopic (exact) mass is 234 g/mol. The van der Waals surface area contributed by atoms with E-state index in [-0.39, 0.29) is 5.78 Å². The highest BCUT2D eigenvalue weighted by molar-refractivity contribution is 6.04. The highest BCUT2D eigenvalue weighted by Crippen LogP contribution is 2.33. The van der Waals surface area contributed by atoms with E-state index in [0.717, 1.165) is 17.7 Å². The molecule has 0 fully saturated rings. The molecule has 3 nitrogen and oxygen atoms in total. The molecule has 0 aromatic heterocycles. The summed E-state index contributed by atoms with van der Waals surface area (Å²) < 4.78 is 10.9. The van der Waals surface area contributed by atoms with Gasteiger partial charge >= 0.3 is 0 Å². The van der Waals surface area contributed by atoms with Crippen LogP contribution in [0.4, 0.5) is 0 Å². The van der Waals surface area contributed by atoms with E-state index in [1.54, 1.807) is 7.11 Å². The van der Waals surface area contributed by atoms with Crippen molar-refractivity contribution in [2.75, 3.05) is 13.7 Å². The molecular formula is C14H18O3. The topological polar surface area (TPSA) is 35.5 Å². The lowest BCUT2D eigenvalue weighted by atomic mass is 9.90. The van der Waals surface area contributed by atoms with Crippen LogP contribution >= 0.6 is 0 Å². The van der Waals surface area contributed by atoms with E-state index < -0.39 is 5.60 Å². The summed E-state index contributed by atoms with van der Waals surface area (Å²) in [7, 11) is 1.57. The first-order valence-corrected chi connectivity index (χ1v) is 5.97. The molecule has 1 aromatic rings. The average molecular weight is 234 g/mol.